The van der Waals surface area contributed by atoms with Crippen LogP contribution in [0.3, 0.4) is 0 Å². The Kier molecular flexibility index (Phi) is 4.80. The lowest BCUT2D eigenvalue weighted by molar-refractivity contribution is 0.0954. The normalized spacial score (nSPS) is 11.2. The molecule has 1 aromatic heterocycles. The Hall–Kier alpha value is -1.37. The van der Waals surface area contributed by atoms with Gasteiger partial charge in [-0.3, -0.25) is 4.79 Å². The number of halogens is 1. The van der Waals surface area contributed by atoms with E-state index in [1.54, 1.807) is 30.3 Å². The van der Waals surface area contributed by atoms with Crippen LogP contribution < -0.4 is 5.32 Å². The summed E-state index contributed by atoms with van der Waals surface area (Å²) in [6, 6.07) is 12.1. The minimum absolute atomic E-state index is 0.128. The molecular weight excluding hydrogens is 318 g/mol. The van der Waals surface area contributed by atoms with Gasteiger partial charge in [0.2, 0.25) is 0 Å². The van der Waals surface area contributed by atoms with E-state index in [4.69, 9.17) is 10.7 Å². The van der Waals surface area contributed by atoms with Gasteiger partial charge in [-0.2, -0.15) is 0 Å². The molecule has 0 aliphatic heterocycles. The molecule has 0 saturated carbocycles. The second-order valence-corrected chi connectivity index (χ2v) is 7.99. The van der Waals surface area contributed by atoms with Gasteiger partial charge in [0.05, 0.1) is 0 Å². The zero-order valence-corrected chi connectivity index (χ0v) is 12.8. The first kappa shape index (κ1) is 15.0. The van der Waals surface area contributed by atoms with Gasteiger partial charge < -0.3 is 5.32 Å². The smallest absolute Gasteiger partial charge is 0.270 e. The average Bonchev–Trinajstić information content (AvgIpc) is 2.88. The Morgan fingerprint density at radius 3 is 2.45 bits per heavy atom. The zero-order chi connectivity index (χ0) is 14.6. The molecule has 0 bridgehead atoms. The highest BCUT2D eigenvalue weighted by Crippen LogP contribution is 2.24. The lowest BCUT2D eigenvalue weighted by Gasteiger charge is -2.03. The molecule has 0 aliphatic rings. The van der Waals surface area contributed by atoms with E-state index < -0.39 is 9.05 Å². The van der Waals surface area contributed by atoms with E-state index in [2.05, 4.69) is 5.32 Å². The summed E-state index contributed by atoms with van der Waals surface area (Å²) >= 11 is 1.12. The topological polar surface area (TPSA) is 63.2 Å². The van der Waals surface area contributed by atoms with Gasteiger partial charge in [-0.1, -0.05) is 18.2 Å². The number of hydrogen-bond acceptors (Lipinski definition) is 4. The van der Waals surface area contributed by atoms with Crippen LogP contribution in [0.5, 0.6) is 0 Å². The molecule has 20 heavy (non-hydrogen) atoms. The Morgan fingerprint density at radius 2 is 1.85 bits per heavy atom. The van der Waals surface area contributed by atoms with E-state index in [0.717, 1.165) is 16.2 Å². The molecule has 106 valence electrons. The number of carbonyl (C=O) groups is 1. The van der Waals surface area contributed by atoms with Gasteiger partial charge >= 0.3 is 0 Å². The average molecular weight is 330 g/mol. The second-order valence-electron chi connectivity index (χ2n) is 4.03. The molecule has 0 saturated heterocycles. The molecule has 2 aromatic rings. The van der Waals surface area contributed by atoms with Gasteiger partial charge in [0.1, 0.15) is 4.21 Å². The molecule has 0 unspecified atom stereocenters. The van der Waals surface area contributed by atoms with E-state index in [1.165, 1.54) is 6.07 Å². The van der Waals surface area contributed by atoms with E-state index in [1.807, 2.05) is 6.07 Å². The summed E-state index contributed by atoms with van der Waals surface area (Å²) < 4.78 is 22.4. The van der Waals surface area contributed by atoms with Crippen LogP contribution in [0.1, 0.15) is 15.2 Å². The lowest BCUT2D eigenvalue weighted by atomic mass is 10.2. The van der Waals surface area contributed by atoms with Crippen LogP contribution in [0, 0.1) is 0 Å². The summed E-state index contributed by atoms with van der Waals surface area (Å²) in [4.78, 5) is 12.6. The number of benzene rings is 1. The minimum Gasteiger partial charge on any atom is -0.352 e. The Labute approximate surface area is 125 Å². The molecule has 1 heterocycles. The van der Waals surface area contributed by atoms with Crippen LogP contribution in [0.15, 0.2) is 46.7 Å². The highest BCUT2D eigenvalue weighted by atomic mass is 35.7. The predicted octanol–water partition coefficient (Wildman–Crippen LogP) is 2.65. The summed E-state index contributed by atoms with van der Waals surface area (Å²) in [5.41, 5.74) is 0.600. The lowest BCUT2D eigenvalue weighted by Crippen LogP contribution is -2.25. The predicted molar refractivity (Wildman–Crippen MR) is 79.8 cm³/mol. The highest BCUT2D eigenvalue weighted by molar-refractivity contribution is 8.15. The first-order valence-electron chi connectivity index (χ1n) is 5.83. The fraction of sp³-hybridized carbons (Fsp3) is 0.154. The fourth-order valence-electron chi connectivity index (χ4n) is 1.61. The molecule has 0 aliphatic carbocycles. The minimum atomic E-state index is -3.66. The third-order valence-electron chi connectivity index (χ3n) is 2.57. The summed E-state index contributed by atoms with van der Waals surface area (Å²) in [6.45, 7) is 0.440. The van der Waals surface area contributed by atoms with E-state index in [9.17, 15) is 13.2 Å². The summed E-state index contributed by atoms with van der Waals surface area (Å²) in [5.74, 6) is -0.146. The second kappa shape index (κ2) is 6.39. The van der Waals surface area contributed by atoms with Crippen LogP contribution in [-0.4, -0.2) is 20.9 Å². The molecule has 1 amide bonds. The number of hydrogen-bond donors (Lipinski definition) is 1. The van der Waals surface area contributed by atoms with Crippen molar-refractivity contribution < 1.29 is 13.2 Å². The molecule has 0 spiro atoms. The fourth-order valence-corrected chi connectivity index (χ4v) is 3.74. The van der Waals surface area contributed by atoms with Crippen LogP contribution in [0.25, 0.3) is 0 Å². The largest absolute Gasteiger partial charge is 0.352 e. The standard InChI is InChI=1S/C13H12ClNO3S2/c14-20(17,18)12-7-6-11(19-12)8-9-15-13(16)10-4-2-1-3-5-10/h1-7H,8-9H2,(H,15,16). The number of rotatable bonds is 5. The third-order valence-corrected chi connectivity index (χ3v) is 5.81. The number of amides is 1. The molecule has 0 atom stereocenters. The first-order chi connectivity index (χ1) is 9.47. The maximum Gasteiger partial charge on any atom is 0.270 e. The van der Waals surface area contributed by atoms with Crippen molar-refractivity contribution in [2.45, 2.75) is 10.6 Å². The van der Waals surface area contributed by atoms with E-state index >= 15 is 0 Å². The van der Waals surface area contributed by atoms with Crippen molar-refractivity contribution in [2.24, 2.45) is 0 Å². The molecule has 1 aromatic carbocycles. The monoisotopic (exact) mass is 329 g/mol. The summed E-state index contributed by atoms with van der Waals surface area (Å²) in [6.07, 6.45) is 0.565. The van der Waals surface area contributed by atoms with E-state index in [0.29, 0.717) is 18.5 Å². The highest BCUT2D eigenvalue weighted by Gasteiger charge is 2.13. The molecule has 0 fully saturated rings. The number of thiophene rings is 1. The molecule has 4 nitrogen and oxygen atoms in total. The summed E-state index contributed by atoms with van der Waals surface area (Å²) in [7, 11) is 1.59. The Bertz CT molecular complexity index is 695. The van der Waals surface area contributed by atoms with Crippen molar-refractivity contribution in [3.05, 3.63) is 52.9 Å². The third kappa shape index (κ3) is 4.06. The van der Waals surface area contributed by atoms with Crippen molar-refractivity contribution in [1.29, 1.82) is 0 Å². The van der Waals surface area contributed by atoms with Gasteiger partial charge in [0.15, 0.2) is 0 Å². The van der Waals surface area contributed by atoms with Crippen molar-refractivity contribution in [2.75, 3.05) is 6.54 Å². The quantitative estimate of drug-likeness (QED) is 0.858. The van der Waals surface area contributed by atoms with Crippen LogP contribution >= 0.6 is 22.0 Å². The maximum atomic E-state index is 11.8. The maximum absolute atomic E-state index is 11.8. The van der Waals surface area contributed by atoms with Gasteiger partial charge in [0.25, 0.3) is 15.0 Å². The van der Waals surface area contributed by atoms with Gasteiger partial charge in [-0.05, 0) is 30.7 Å². The zero-order valence-electron chi connectivity index (χ0n) is 10.4. The van der Waals surface area contributed by atoms with Gasteiger partial charge in [0, 0.05) is 27.7 Å². The number of nitrogens with one attached hydrogen (secondary N) is 1. The van der Waals surface area contributed by atoms with Gasteiger partial charge in [-0.25, -0.2) is 8.42 Å². The van der Waals surface area contributed by atoms with Crippen LogP contribution in [-0.2, 0) is 15.5 Å². The Morgan fingerprint density at radius 1 is 1.15 bits per heavy atom. The molecule has 1 N–H and O–H groups in total. The molecule has 2 rings (SSSR count). The number of carbonyl (C=O) groups excluding carboxylic acids is 1. The van der Waals surface area contributed by atoms with E-state index in [-0.39, 0.29) is 10.1 Å². The van der Waals surface area contributed by atoms with Crippen molar-refractivity contribution in [1.82, 2.24) is 5.32 Å². The molecule has 7 heteroatoms. The summed E-state index contributed by atoms with van der Waals surface area (Å²) in [5, 5.41) is 2.78. The van der Waals surface area contributed by atoms with Gasteiger partial charge in [-0.15, -0.1) is 11.3 Å². The van der Waals surface area contributed by atoms with Crippen LogP contribution in [0.2, 0.25) is 0 Å². The van der Waals surface area contributed by atoms with Crippen molar-refractivity contribution in [3.63, 3.8) is 0 Å². The Balaban J connectivity index is 1.88. The van der Waals surface area contributed by atoms with Crippen LogP contribution in [0.4, 0.5) is 0 Å². The van der Waals surface area contributed by atoms with Crippen molar-refractivity contribution in [3.8, 4) is 0 Å². The first-order valence-corrected chi connectivity index (χ1v) is 8.96. The van der Waals surface area contributed by atoms with Crippen molar-refractivity contribution >= 4 is 37.0 Å². The molecular formula is C13H12ClNO3S2. The molecule has 0 radical (unpaired) electrons. The SMILES string of the molecule is O=C(NCCc1ccc(S(=O)(=O)Cl)s1)c1ccccc1.